The number of carbonyl (C=O) groups is 1. The lowest BCUT2D eigenvalue weighted by atomic mass is 10.0. The van der Waals surface area contributed by atoms with E-state index in [-0.39, 0.29) is 11.4 Å². The number of hydrogen-bond acceptors (Lipinski definition) is 6. The number of benzene rings is 1. The summed E-state index contributed by atoms with van der Waals surface area (Å²) >= 11 is 0. The van der Waals surface area contributed by atoms with E-state index in [1.807, 2.05) is 0 Å². The molecule has 0 saturated heterocycles. The molecule has 0 unspecified atom stereocenters. The number of carbonyl (C=O) groups excluding carboxylic acids is 1. The fourth-order valence-electron chi connectivity index (χ4n) is 3.03. The molecule has 8 nitrogen and oxygen atoms in total. The zero-order valence-corrected chi connectivity index (χ0v) is 17.4. The van der Waals surface area contributed by atoms with Crippen LogP contribution in [0.25, 0.3) is 5.57 Å². The molecule has 2 rings (SSSR count). The van der Waals surface area contributed by atoms with Crippen LogP contribution in [0.3, 0.4) is 0 Å². The highest BCUT2D eigenvalue weighted by atomic mass is 32.2. The molecule has 0 bridgehead atoms. The average molecular weight is 410 g/mol. The molecule has 1 aromatic carbocycles. The second-order valence-corrected chi connectivity index (χ2v) is 7.90. The van der Waals surface area contributed by atoms with Gasteiger partial charge in [-0.15, -0.1) is 6.58 Å². The fraction of sp³-hybridized carbons (Fsp3) is 0.421. The van der Waals surface area contributed by atoms with Crippen molar-refractivity contribution in [3.05, 3.63) is 35.3 Å². The summed E-state index contributed by atoms with van der Waals surface area (Å²) in [6.07, 6.45) is 2.04. The Kier molecular flexibility index (Phi) is 7.09. The van der Waals surface area contributed by atoms with E-state index in [4.69, 9.17) is 14.2 Å². The first-order valence-electron chi connectivity index (χ1n) is 8.71. The van der Waals surface area contributed by atoms with E-state index in [1.54, 1.807) is 26.2 Å². The van der Waals surface area contributed by atoms with Crippen LogP contribution >= 0.6 is 0 Å². The molecule has 0 aromatic heterocycles. The van der Waals surface area contributed by atoms with E-state index in [0.717, 1.165) is 4.31 Å². The minimum absolute atomic E-state index is 0.0125. The van der Waals surface area contributed by atoms with Crippen LogP contribution < -0.4 is 19.1 Å². The fourth-order valence-corrected chi connectivity index (χ4v) is 4.77. The highest BCUT2D eigenvalue weighted by molar-refractivity contribution is 7.97. The van der Waals surface area contributed by atoms with Crippen molar-refractivity contribution in [3.63, 3.8) is 0 Å². The molecule has 28 heavy (non-hydrogen) atoms. The molecule has 9 heteroatoms. The average Bonchev–Trinajstić information content (AvgIpc) is 2.67. The van der Waals surface area contributed by atoms with Gasteiger partial charge in [-0.2, -0.15) is 0 Å². The van der Waals surface area contributed by atoms with Crippen LogP contribution in [0.15, 0.2) is 29.7 Å². The zero-order valence-electron chi connectivity index (χ0n) is 16.6. The summed E-state index contributed by atoms with van der Waals surface area (Å²) in [6.45, 7) is 6.03. The molecule has 1 aromatic rings. The largest absolute Gasteiger partial charge is 0.493 e. The number of sulfonamides is 1. The normalized spacial score (nSPS) is 15.1. The minimum Gasteiger partial charge on any atom is -0.493 e. The van der Waals surface area contributed by atoms with Crippen LogP contribution in [-0.4, -0.2) is 55.4 Å². The number of ether oxygens (including phenoxy) is 3. The van der Waals surface area contributed by atoms with Crippen molar-refractivity contribution in [1.82, 2.24) is 5.32 Å². The minimum atomic E-state index is -4.07. The number of fused-ring (bicyclic) bond motifs is 1. The molecule has 0 spiro atoms. The standard InChI is InChI=1S/C19H26N2O6S/c1-6-9-21-15-12-17(27-5)16(26-4)11-14(15)13(2)18(28(21,23)24)19(22)20-8-7-10-25-3/h6,11-12H,1,7-10H2,2-5H3,(H,20,22). The Hall–Kier alpha value is -2.52. The van der Waals surface area contributed by atoms with Crippen LogP contribution in [0.2, 0.25) is 0 Å². The third-order valence-electron chi connectivity index (χ3n) is 4.38. The van der Waals surface area contributed by atoms with Gasteiger partial charge < -0.3 is 19.5 Å². The van der Waals surface area contributed by atoms with E-state index >= 15 is 0 Å². The number of allylic oxidation sites excluding steroid dienone is 1. The number of nitrogens with one attached hydrogen (secondary N) is 1. The number of anilines is 1. The first-order valence-corrected chi connectivity index (χ1v) is 10.2. The summed E-state index contributed by atoms with van der Waals surface area (Å²) in [6, 6.07) is 3.26. The summed E-state index contributed by atoms with van der Waals surface area (Å²) < 4.78 is 43.2. The van der Waals surface area contributed by atoms with Gasteiger partial charge in [-0.1, -0.05) is 6.08 Å². The lowest BCUT2D eigenvalue weighted by Gasteiger charge is -2.32. The Bertz CT molecular complexity index is 892. The molecule has 0 aliphatic carbocycles. The van der Waals surface area contributed by atoms with Crippen molar-refractivity contribution < 1.29 is 27.4 Å². The summed E-state index contributed by atoms with van der Waals surface area (Å²) in [7, 11) is 0.455. The van der Waals surface area contributed by atoms with Crippen molar-refractivity contribution in [2.75, 3.05) is 45.3 Å². The maximum Gasteiger partial charge on any atom is 0.270 e. The van der Waals surface area contributed by atoms with Crippen LogP contribution in [-0.2, 0) is 19.6 Å². The molecule has 1 amide bonds. The zero-order chi connectivity index (χ0) is 20.9. The van der Waals surface area contributed by atoms with Crippen LogP contribution in [0.1, 0.15) is 18.9 Å². The van der Waals surface area contributed by atoms with Gasteiger partial charge in [0, 0.05) is 31.9 Å². The lowest BCUT2D eigenvalue weighted by Crippen LogP contribution is -2.41. The number of nitrogens with zero attached hydrogens (tertiary/aromatic N) is 1. The van der Waals surface area contributed by atoms with Crippen molar-refractivity contribution in [1.29, 1.82) is 0 Å². The maximum atomic E-state index is 13.2. The number of rotatable bonds is 9. The molecule has 1 N–H and O–H groups in total. The molecule has 1 aliphatic heterocycles. The van der Waals surface area contributed by atoms with E-state index in [9.17, 15) is 13.2 Å². The molecule has 154 valence electrons. The lowest BCUT2D eigenvalue weighted by molar-refractivity contribution is -0.116. The SMILES string of the molecule is C=CCN1c2cc(OC)c(OC)cc2C(C)=C(C(=O)NCCCOC)S1(=O)=O. The monoisotopic (exact) mass is 410 g/mol. The molecule has 1 heterocycles. The van der Waals surface area contributed by atoms with E-state index in [0.29, 0.717) is 47.9 Å². The predicted molar refractivity (Wildman–Crippen MR) is 108 cm³/mol. The van der Waals surface area contributed by atoms with Crippen molar-refractivity contribution in [3.8, 4) is 11.5 Å². The predicted octanol–water partition coefficient (Wildman–Crippen LogP) is 1.92. The summed E-state index contributed by atoms with van der Waals surface area (Å²) in [5.74, 6) is 0.187. The van der Waals surface area contributed by atoms with Gasteiger partial charge in [-0.25, -0.2) is 8.42 Å². The number of methoxy groups -OCH3 is 3. The van der Waals surface area contributed by atoms with Crippen molar-refractivity contribution >= 4 is 27.2 Å². The van der Waals surface area contributed by atoms with Crippen molar-refractivity contribution in [2.45, 2.75) is 13.3 Å². The van der Waals surface area contributed by atoms with Gasteiger partial charge in [0.1, 0.15) is 0 Å². The Morgan fingerprint density at radius 3 is 2.43 bits per heavy atom. The second kappa shape index (κ2) is 9.11. The molecule has 0 fully saturated rings. The molecular formula is C19H26N2O6S. The summed E-state index contributed by atoms with van der Waals surface area (Å²) in [4.78, 5) is 12.4. The van der Waals surface area contributed by atoms with E-state index in [2.05, 4.69) is 11.9 Å². The van der Waals surface area contributed by atoms with E-state index < -0.39 is 15.9 Å². The molecule has 1 aliphatic rings. The Balaban J connectivity index is 2.61. The Labute approximate surface area is 165 Å². The number of hydrogen-bond donors (Lipinski definition) is 1. The van der Waals surface area contributed by atoms with Crippen molar-refractivity contribution in [2.24, 2.45) is 0 Å². The smallest absolute Gasteiger partial charge is 0.270 e. The highest BCUT2D eigenvalue weighted by Gasteiger charge is 2.39. The van der Waals surface area contributed by atoms with Gasteiger partial charge in [-0.3, -0.25) is 9.10 Å². The first kappa shape index (κ1) is 21.8. The van der Waals surface area contributed by atoms with Crippen LogP contribution in [0.4, 0.5) is 5.69 Å². The van der Waals surface area contributed by atoms with Gasteiger partial charge >= 0.3 is 0 Å². The third-order valence-corrected chi connectivity index (χ3v) is 6.31. The molecule has 0 atom stereocenters. The van der Waals surface area contributed by atoms with Gasteiger partial charge in [-0.05, 0) is 25.0 Å². The maximum absolute atomic E-state index is 13.2. The summed E-state index contributed by atoms with van der Waals surface area (Å²) in [5, 5.41) is 2.65. The second-order valence-electron chi connectivity index (χ2n) is 6.11. The Morgan fingerprint density at radius 1 is 1.21 bits per heavy atom. The third kappa shape index (κ3) is 4.00. The molecular weight excluding hydrogens is 384 g/mol. The quantitative estimate of drug-likeness (QED) is 0.494. The topological polar surface area (TPSA) is 94.2 Å². The van der Waals surface area contributed by atoms with Crippen LogP contribution in [0.5, 0.6) is 11.5 Å². The Morgan fingerprint density at radius 2 is 1.86 bits per heavy atom. The van der Waals surface area contributed by atoms with Crippen LogP contribution in [0, 0.1) is 0 Å². The molecule has 0 saturated carbocycles. The highest BCUT2D eigenvalue weighted by Crippen LogP contribution is 2.44. The first-order chi connectivity index (χ1) is 13.3. The van der Waals surface area contributed by atoms with E-state index in [1.165, 1.54) is 20.3 Å². The molecule has 0 radical (unpaired) electrons. The van der Waals surface area contributed by atoms with Gasteiger partial charge in [0.05, 0.1) is 26.5 Å². The van der Waals surface area contributed by atoms with Gasteiger partial charge in [0.25, 0.3) is 15.9 Å². The van der Waals surface area contributed by atoms with Gasteiger partial charge in [0.15, 0.2) is 16.4 Å². The number of amides is 1. The van der Waals surface area contributed by atoms with Gasteiger partial charge in [0.2, 0.25) is 0 Å². The summed E-state index contributed by atoms with van der Waals surface area (Å²) in [5.41, 5.74) is 1.34.